The highest BCUT2D eigenvalue weighted by Crippen LogP contribution is 2.15. The van der Waals surface area contributed by atoms with Crippen LogP contribution in [-0.2, 0) is 4.84 Å². The molecule has 0 saturated carbocycles. The molecule has 2 atom stereocenters. The van der Waals surface area contributed by atoms with Crippen LogP contribution in [-0.4, -0.2) is 24.3 Å². The molecule has 15 heavy (non-hydrogen) atoms. The summed E-state index contributed by atoms with van der Waals surface area (Å²) >= 11 is 0. The monoisotopic (exact) mass is 200 g/mol. The van der Waals surface area contributed by atoms with Gasteiger partial charge in [0.1, 0.15) is 6.04 Å². The van der Waals surface area contributed by atoms with Crippen LogP contribution in [0.1, 0.15) is 5.56 Å². The maximum Gasteiger partial charge on any atom is 0.137 e. The maximum absolute atomic E-state index is 8.52. The lowest BCUT2D eigenvalue weighted by atomic mass is 10.2. The van der Waals surface area contributed by atoms with Gasteiger partial charge in [-0.3, -0.25) is 4.84 Å². The van der Waals surface area contributed by atoms with Crippen molar-refractivity contribution in [3.8, 4) is 6.07 Å². The fourth-order valence-electron chi connectivity index (χ4n) is 1.26. The van der Waals surface area contributed by atoms with Gasteiger partial charge in [0.2, 0.25) is 0 Å². The fraction of sp³-hybridized carbons (Fsp3) is 0.250. The van der Waals surface area contributed by atoms with E-state index in [4.69, 9.17) is 10.1 Å². The summed E-state index contributed by atoms with van der Waals surface area (Å²) in [6, 6.07) is 12.1. The summed E-state index contributed by atoms with van der Waals surface area (Å²) in [4.78, 5) is 5.30. The van der Waals surface area contributed by atoms with Crippen LogP contribution in [0.5, 0.6) is 0 Å². The molecule has 2 rings (SSSR count). The average Bonchev–Trinajstić information content (AvgIpc) is 3.05. The number of nitriles is 1. The van der Waals surface area contributed by atoms with Crippen LogP contribution in [0, 0.1) is 11.3 Å². The molecule has 0 spiro atoms. The number of hydrogen-bond donors (Lipinski definition) is 0. The normalized spacial score (nSPS) is 23.9. The third kappa shape index (κ3) is 2.91. The number of hydrogen-bond acceptors (Lipinski definition) is 3. The molecule has 0 aromatic heterocycles. The van der Waals surface area contributed by atoms with E-state index in [0.29, 0.717) is 6.61 Å². The second kappa shape index (κ2) is 4.74. The lowest BCUT2D eigenvalue weighted by Crippen LogP contribution is -2.01. The highest BCUT2D eigenvalue weighted by Gasteiger charge is 2.35. The largest absolute Gasteiger partial charge is 0.293 e. The van der Waals surface area contributed by atoms with E-state index < -0.39 is 0 Å². The summed E-state index contributed by atoms with van der Waals surface area (Å²) in [5.74, 6) is 0. The zero-order chi connectivity index (χ0) is 10.5. The Bertz CT molecular complexity index is 380. The van der Waals surface area contributed by atoms with Gasteiger partial charge >= 0.3 is 0 Å². The molecule has 1 saturated heterocycles. The van der Waals surface area contributed by atoms with Crippen molar-refractivity contribution in [3.05, 3.63) is 42.0 Å². The van der Waals surface area contributed by atoms with E-state index in [9.17, 15) is 0 Å². The second-order valence-electron chi connectivity index (χ2n) is 3.35. The fourth-order valence-corrected chi connectivity index (χ4v) is 1.26. The highest BCUT2D eigenvalue weighted by molar-refractivity contribution is 5.48. The molecule has 1 heterocycles. The standard InChI is InChI=1S/C12H12N2O/c13-9-12-10-14(12)15-8-4-7-11-5-2-1-3-6-11/h1-7,12H,8,10H2/b7-4+. The average molecular weight is 200 g/mol. The molecule has 1 aromatic rings. The van der Waals surface area contributed by atoms with E-state index in [1.807, 2.05) is 42.5 Å². The van der Waals surface area contributed by atoms with Crippen LogP contribution in [0.4, 0.5) is 0 Å². The van der Waals surface area contributed by atoms with E-state index in [1.165, 1.54) is 0 Å². The predicted octanol–water partition coefficient (Wildman–Crippen LogP) is 1.84. The molecule has 0 N–H and O–H groups in total. The molecule has 1 aliphatic rings. The zero-order valence-electron chi connectivity index (χ0n) is 8.34. The van der Waals surface area contributed by atoms with Gasteiger partial charge in [0.05, 0.1) is 19.2 Å². The Balaban J connectivity index is 1.71. The molecule has 1 aromatic carbocycles. The van der Waals surface area contributed by atoms with Crippen molar-refractivity contribution in [1.29, 1.82) is 5.26 Å². The number of rotatable bonds is 4. The molecule has 1 fully saturated rings. The van der Waals surface area contributed by atoms with E-state index in [2.05, 4.69) is 6.07 Å². The van der Waals surface area contributed by atoms with Crippen molar-refractivity contribution < 1.29 is 4.84 Å². The lowest BCUT2D eigenvalue weighted by Gasteiger charge is -1.97. The maximum atomic E-state index is 8.52. The number of benzene rings is 1. The van der Waals surface area contributed by atoms with Crippen LogP contribution in [0.2, 0.25) is 0 Å². The van der Waals surface area contributed by atoms with Gasteiger partial charge in [-0.2, -0.15) is 10.3 Å². The van der Waals surface area contributed by atoms with Crippen LogP contribution in [0.25, 0.3) is 6.08 Å². The Morgan fingerprint density at radius 3 is 2.93 bits per heavy atom. The molecule has 0 bridgehead atoms. The molecule has 2 unspecified atom stereocenters. The molecule has 3 nitrogen and oxygen atoms in total. The van der Waals surface area contributed by atoms with E-state index in [1.54, 1.807) is 5.06 Å². The van der Waals surface area contributed by atoms with Gasteiger partial charge in [-0.05, 0) is 5.56 Å². The van der Waals surface area contributed by atoms with Crippen molar-refractivity contribution in [1.82, 2.24) is 5.06 Å². The minimum atomic E-state index is -0.0323. The highest BCUT2D eigenvalue weighted by atomic mass is 16.7. The van der Waals surface area contributed by atoms with Gasteiger partial charge in [-0.15, -0.1) is 0 Å². The van der Waals surface area contributed by atoms with Crippen LogP contribution >= 0.6 is 0 Å². The van der Waals surface area contributed by atoms with Gasteiger partial charge in [0.25, 0.3) is 0 Å². The first-order chi connectivity index (χ1) is 7.40. The van der Waals surface area contributed by atoms with Crippen molar-refractivity contribution >= 4 is 6.08 Å². The van der Waals surface area contributed by atoms with Gasteiger partial charge in [0, 0.05) is 0 Å². The zero-order valence-corrected chi connectivity index (χ0v) is 8.34. The van der Waals surface area contributed by atoms with Crippen molar-refractivity contribution in [3.63, 3.8) is 0 Å². The molecule has 0 radical (unpaired) electrons. The summed E-state index contributed by atoms with van der Waals surface area (Å²) in [5.41, 5.74) is 1.16. The van der Waals surface area contributed by atoms with E-state index >= 15 is 0 Å². The van der Waals surface area contributed by atoms with Gasteiger partial charge in [-0.25, -0.2) is 0 Å². The van der Waals surface area contributed by atoms with E-state index in [0.717, 1.165) is 12.1 Å². The smallest absolute Gasteiger partial charge is 0.137 e. The Hall–Kier alpha value is -1.63. The molecule has 0 aliphatic carbocycles. The van der Waals surface area contributed by atoms with Crippen LogP contribution < -0.4 is 0 Å². The quantitative estimate of drug-likeness (QED) is 0.696. The predicted molar refractivity (Wildman–Crippen MR) is 57.5 cm³/mol. The molecule has 76 valence electrons. The molecule has 0 amide bonds. The summed E-state index contributed by atoms with van der Waals surface area (Å²) in [7, 11) is 0. The van der Waals surface area contributed by atoms with Gasteiger partial charge in [-0.1, -0.05) is 42.5 Å². The minimum Gasteiger partial charge on any atom is -0.293 e. The first kappa shape index (κ1) is 9.91. The van der Waals surface area contributed by atoms with Gasteiger partial charge in [0.15, 0.2) is 0 Å². The van der Waals surface area contributed by atoms with Gasteiger partial charge < -0.3 is 0 Å². The Kier molecular flexibility index (Phi) is 3.13. The number of nitrogens with zero attached hydrogens (tertiary/aromatic N) is 2. The number of hydroxylamine groups is 2. The topological polar surface area (TPSA) is 36.0 Å². The lowest BCUT2D eigenvalue weighted by molar-refractivity contribution is -0.0543. The summed E-state index contributed by atoms with van der Waals surface area (Å²) in [6.07, 6.45) is 3.95. The summed E-state index contributed by atoms with van der Waals surface area (Å²) in [6.45, 7) is 1.25. The van der Waals surface area contributed by atoms with E-state index in [-0.39, 0.29) is 6.04 Å². The van der Waals surface area contributed by atoms with Crippen LogP contribution in [0.3, 0.4) is 0 Å². The van der Waals surface area contributed by atoms with Crippen molar-refractivity contribution in [2.45, 2.75) is 6.04 Å². The SMILES string of the molecule is N#CC1CN1OC/C=C/c1ccccc1. The summed E-state index contributed by atoms with van der Waals surface area (Å²) in [5, 5.41) is 10.2. The second-order valence-corrected chi connectivity index (χ2v) is 3.35. The minimum absolute atomic E-state index is 0.0323. The van der Waals surface area contributed by atoms with Crippen LogP contribution in [0.15, 0.2) is 36.4 Å². The first-order valence-corrected chi connectivity index (χ1v) is 4.91. The Labute approximate surface area is 89.1 Å². The molecule has 3 heteroatoms. The molecular formula is C12H12N2O. The Morgan fingerprint density at radius 2 is 2.27 bits per heavy atom. The summed E-state index contributed by atoms with van der Waals surface area (Å²) < 4.78 is 0. The third-order valence-electron chi connectivity index (χ3n) is 2.16. The molecule has 1 aliphatic heterocycles. The van der Waals surface area contributed by atoms with Crippen molar-refractivity contribution in [2.75, 3.05) is 13.2 Å². The molecular weight excluding hydrogens is 188 g/mol. The third-order valence-corrected chi connectivity index (χ3v) is 2.16. The Morgan fingerprint density at radius 1 is 1.47 bits per heavy atom. The first-order valence-electron chi connectivity index (χ1n) is 4.91. The van der Waals surface area contributed by atoms with Crippen molar-refractivity contribution in [2.24, 2.45) is 0 Å².